The van der Waals surface area contributed by atoms with Crippen molar-refractivity contribution in [3.8, 4) is 0 Å². The van der Waals surface area contributed by atoms with E-state index in [9.17, 15) is 0 Å². The second-order valence-electron chi connectivity index (χ2n) is 3.73. The summed E-state index contributed by atoms with van der Waals surface area (Å²) in [6.07, 6.45) is 3.96. The number of aryl methyl sites for hydroxylation is 3. The molecule has 0 saturated carbocycles. The smallest absolute Gasteiger partial charge is 0.0794 e. The van der Waals surface area contributed by atoms with Crippen LogP contribution < -0.4 is 0 Å². The van der Waals surface area contributed by atoms with Gasteiger partial charge < -0.3 is 5.11 Å². The third-order valence-electron chi connectivity index (χ3n) is 2.44. The topological polar surface area (TPSA) is 33.1 Å². The first kappa shape index (κ1) is 11.8. The maximum absolute atomic E-state index is 8.76. The number of rotatable bonds is 6. The second-order valence-corrected chi connectivity index (χ2v) is 5.44. The molecule has 2 heterocycles. The molecule has 0 aromatic carbocycles. The summed E-state index contributed by atoms with van der Waals surface area (Å²) in [6, 6.07) is 2.26. The van der Waals surface area contributed by atoms with Gasteiger partial charge >= 0.3 is 0 Å². The molecule has 0 fully saturated rings. The zero-order chi connectivity index (χ0) is 11.2. The highest BCUT2D eigenvalue weighted by Gasteiger charge is 2.01. The summed E-state index contributed by atoms with van der Waals surface area (Å²) in [5.41, 5.74) is 4.47. The number of hydrogen-bond acceptors (Lipinski definition) is 4. The summed E-state index contributed by atoms with van der Waals surface area (Å²) in [4.78, 5) is 5.65. The van der Waals surface area contributed by atoms with E-state index in [0.717, 1.165) is 25.7 Å². The Labute approximate surface area is 104 Å². The summed E-state index contributed by atoms with van der Waals surface area (Å²) in [6.45, 7) is 0.284. The monoisotopic (exact) mass is 253 g/mol. The molecule has 86 valence electrons. The molecule has 0 aliphatic carbocycles. The van der Waals surface area contributed by atoms with Gasteiger partial charge in [0.25, 0.3) is 0 Å². The first-order valence-electron chi connectivity index (χ1n) is 5.42. The number of thiophene rings is 1. The SMILES string of the molecule is OCCCc1cc(CCc2cscn2)cs1. The molecule has 0 radical (unpaired) electrons. The van der Waals surface area contributed by atoms with E-state index in [4.69, 9.17) is 5.11 Å². The fourth-order valence-corrected chi connectivity index (χ4v) is 3.14. The molecule has 4 heteroatoms. The number of aliphatic hydroxyl groups excluding tert-OH is 1. The Bertz CT molecular complexity index is 408. The van der Waals surface area contributed by atoms with Crippen LogP contribution in [0.4, 0.5) is 0 Å². The lowest BCUT2D eigenvalue weighted by Gasteiger charge is -1.94. The van der Waals surface area contributed by atoms with Crippen LogP contribution in [-0.2, 0) is 19.3 Å². The van der Waals surface area contributed by atoms with Crippen LogP contribution in [0.1, 0.15) is 22.6 Å². The Morgan fingerprint density at radius 2 is 2.12 bits per heavy atom. The zero-order valence-corrected chi connectivity index (χ0v) is 10.7. The highest BCUT2D eigenvalue weighted by Crippen LogP contribution is 2.18. The maximum Gasteiger partial charge on any atom is 0.0794 e. The van der Waals surface area contributed by atoms with E-state index in [-0.39, 0.29) is 6.61 Å². The average molecular weight is 253 g/mol. The Kier molecular flexibility index (Phi) is 4.51. The first-order chi connectivity index (χ1) is 7.88. The average Bonchev–Trinajstić information content (AvgIpc) is 2.95. The van der Waals surface area contributed by atoms with Crippen LogP contribution in [0.25, 0.3) is 0 Å². The molecular formula is C12H15NOS2. The van der Waals surface area contributed by atoms with Gasteiger partial charge in [0.2, 0.25) is 0 Å². The number of thiazole rings is 1. The largest absolute Gasteiger partial charge is 0.396 e. The predicted octanol–water partition coefficient (Wildman–Crippen LogP) is 2.91. The van der Waals surface area contributed by atoms with Crippen molar-refractivity contribution in [2.45, 2.75) is 25.7 Å². The van der Waals surface area contributed by atoms with Gasteiger partial charge in [-0.05, 0) is 42.7 Å². The first-order valence-corrected chi connectivity index (χ1v) is 7.25. The van der Waals surface area contributed by atoms with Gasteiger partial charge in [0.05, 0.1) is 11.2 Å². The van der Waals surface area contributed by atoms with Gasteiger partial charge in [0, 0.05) is 16.9 Å². The Hall–Kier alpha value is -0.710. The predicted molar refractivity (Wildman–Crippen MR) is 69.2 cm³/mol. The summed E-state index contributed by atoms with van der Waals surface area (Å²) in [5, 5.41) is 13.1. The minimum atomic E-state index is 0.284. The normalized spacial score (nSPS) is 10.8. The lowest BCUT2D eigenvalue weighted by atomic mass is 10.1. The third-order valence-corrected chi connectivity index (χ3v) is 4.12. The van der Waals surface area contributed by atoms with E-state index in [1.165, 1.54) is 16.1 Å². The molecule has 16 heavy (non-hydrogen) atoms. The highest BCUT2D eigenvalue weighted by atomic mass is 32.1. The van der Waals surface area contributed by atoms with Crippen LogP contribution in [0, 0.1) is 0 Å². The van der Waals surface area contributed by atoms with E-state index in [2.05, 4.69) is 21.8 Å². The lowest BCUT2D eigenvalue weighted by molar-refractivity contribution is 0.289. The van der Waals surface area contributed by atoms with E-state index in [0.29, 0.717) is 0 Å². The molecule has 2 aromatic rings. The molecule has 2 aromatic heterocycles. The van der Waals surface area contributed by atoms with Crippen LogP contribution >= 0.6 is 22.7 Å². The Morgan fingerprint density at radius 3 is 2.88 bits per heavy atom. The van der Waals surface area contributed by atoms with Crippen molar-refractivity contribution in [3.63, 3.8) is 0 Å². The Morgan fingerprint density at radius 1 is 1.19 bits per heavy atom. The summed E-state index contributed by atoms with van der Waals surface area (Å²) < 4.78 is 0. The molecule has 0 unspecified atom stereocenters. The molecule has 0 amide bonds. The van der Waals surface area contributed by atoms with Crippen molar-refractivity contribution in [1.29, 1.82) is 0 Å². The van der Waals surface area contributed by atoms with Crippen molar-refractivity contribution in [2.24, 2.45) is 0 Å². The summed E-state index contributed by atoms with van der Waals surface area (Å²) in [5.74, 6) is 0. The van der Waals surface area contributed by atoms with Gasteiger partial charge in [0.15, 0.2) is 0 Å². The van der Waals surface area contributed by atoms with Gasteiger partial charge in [-0.2, -0.15) is 0 Å². The third kappa shape index (κ3) is 3.40. The minimum absolute atomic E-state index is 0.284. The maximum atomic E-state index is 8.76. The standard InChI is InChI=1S/C12H15NOS2/c14-5-1-2-12-6-10(7-16-12)3-4-11-8-15-9-13-11/h6-9,14H,1-5H2. The lowest BCUT2D eigenvalue weighted by Crippen LogP contribution is -1.89. The van der Waals surface area contributed by atoms with Crippen molar-refractivity contribution >= 4 is 22.7 Å². The molecule has 0 aliphatic rings. The fraction of sp³-hybridized carbons (Fsp3) is 0.417. The van der Waals surface area contributed by atoms with Crippen LogP contribution in [0.3, 0.4) is 0 Å². The van der Waals surface area contributed by atoms with Gasteiger partial charge in [-0.25, -0.2) is 4.98 Å². The van der Waals surface area contributed by atoms with Gasteiger partial charge in [0.1, 0.15) is 0 Å². The van der Waals surface area contributed by atoms with Crippen LogP contribution in [-0.4, -0.2) is 16.7 Å². The van der Waals surface area contributed by atoms with E-state index < -0.39 is 0 Å². The van der Waals surface area contributed by atoms with Crippen LogP contribution in [0.2, 0.25) is 0 Å². The van der Waals surface area contributed by atoms with E-state index >= 15 is 0 Å². The van der Waals surface area contributed by atoms with Gasteiger partial charge in [-0.1, -0.05) is 0 Å². The van der Waals surface area contributed by atoms with Crippen molar-refractivity contribution < 1.29 is 5.11 Å². The highest BCUT2D eigenvalue weighted by molar-refractivity contribution is 7.10. The summed E-state index contributed by atoms with van der Waals surface area (Å²) in [7, 11) is 0. The molecule has 0 spiro atoms. The molecule has 1 N–H and O–H groups in total. The molecule has 0 bridgehead atoms. The van der Waals surface area contributed by atoms with Crippen LogP contribution in [0.15, 0.2) is 22.3 Å². The molecule has 0 atom stereocenters. The molecule has 0 aliphatic heterocycles. The fourth-order valence-electron chi connectivity index (χ4n) is 1.58. The van der Waals surface area contributed by atoms with Crippen molar-refractivity contribution in [1.82, 2.24) is 4.98 Å². The van der Waals surface area contributed by atoms with Crippen molar-refractivity contribution in [3.05, 3.63) is 38.5 Å². The van der Waals surface area contributed by atoms with Crippen molar-refractivity contribution in [2.75, 3.05) is 6.61 Å². The van der Waals surface area contributed by atoms with Gasteiger partial charge in [-0.15, -0.1) is 22.7 Å². The van der Waals surface area contributed by atoms with E-state index in [1.54, 1.807) is 22.7 Å². The zero-order valence-electron chi connectivity index (χ0n) is 9.06. The number of aliphatic hydroxyl groups is 1. The van der Waals surface area contributed by atoms with Gasteiger partial charge in [-0.3, -0.25) is 0 Å². The summed E-state index contributed by atoms with van der Waals surface area (Å²) >= 11 is 3.45. The number of hydrogen-bond donors (Lipinski definition) is 1. The molecular weight excluding hydrogens is 238 g/mol. The van der Waals surface area contributed by atoms with E-state index in [1.807, 2.05) is 5.51 Å². The molecule has 0 saturated heterocycles. The number of aromatic nitrogens is 1. The Balaban J connectivity index is 1.83. The second kappa shape index (κ2) is 6.13. The molecule has 2 nitrogen and oxygen atoms in total. The quantitative estimate of drug-likeness (QED) is 0.858. The van der Waals surface area contributed by atoms with Crippen LogP contribution in [0.5, 0.6) is 0 Å². The molecule has 2 rings (SSSR count). The minimum Gasteiger partial charge on any atom is -0.396 e. The number of nitrogens with zero attached hydrogens (tertiary/aromatic N) is 1.